The number of alkyl halides is 2. The van der Waals surface area contributed by atoms with Gasteiger partial charge in [-0.3, -0.25) is 4.98 Å². The zero-order chi connectivity index (χ0) is 29.5. The molecule has 1 fully saturated rings. The van der Waals surface area contributed by atoms with E-state index in [1.165, 1.54) is 11.1 Å². The average molecular weight is 595 g/mol. The maximum atomic E-state index is 14.8. The fourth-order valence-electron chi connectivity index (χ4n) is 7.78. The molecule has 2 aromatic carbocycles. The highest BCUT2D eigenvalue weighted by Gasteiger charge is 2.54. The van der Waals surface area contributed by atoms with Crippen LogP contribution in [-0.4, -0.2) is 28.2 Å². The maximum absolute atomic E-state index is 14.8. The molecular weight excluding hydrogens is 558 g/mol. The van der Waals surface area contributed by atoms with Crippen molar-refractivity contribution in [1.82, 2.24) is 4.98 Å². The van der Waals surface area contributed by atoms with Gasteiger partial charge in [0.05, 0.1) is 17.9 Å². The number of benzene rings is 2. The van der Waals surface area contributed by atoms with Crippen LogP contribution in [0.2, 0.25) is 5.02 Å². The molecular formula is C34H37ClF2N2O3. The molecule has 1 aromatic heterocycles. The Kier molecular flexibility index (Phi) is 7.67. The second kappa shape index (κ2) is 11.1. The lowest BCUT2D eigenvalue weighted by Gasteiger charge is -2.47. The van der Waals surface area contributed by atoms with E-state index in [-0.39, 0.29) is 29.1 Å². The third-order valence-corrected chi connectivity index (χ3v) is 10.1. The molecule has 2 atom stereocenters. The minimum Gasteiger partial charge on any atom is -0.493 e. The van der Waals surface area contributed by atoms with Gasteiger partial charge in [0.2, 0.25) is 0 Å². The van der Waals surface area contributed by atoms with Crippen LogP contribution in [0.25, 0.3) is 0 Å². The standard InChI is InChI=1S/C34H37ClF2N2O3/c1-22(21-42-29-11-17-38-28-10-5-12-34(36,37)30(28)29)18-24-19-23-6-2-3-9-27(23)32(24)13-15-33(16-14-32,31(40)41)39-26-8-4-7-25(35)20-26/h2-4,6-9,11,17,20,22,24,39H,5,10,12-16,18-19,21H2,1H3,(H,40,41)/t22-,24+,32?,33?/m1/s1. The van der Waals surface area contributed by atoms with Crippen LogP contribution in [-0.2, 0) is 29.0 Å². The Bertz CT molecular complexity index is 1470. The molecule has 222 valence electrons. The van der Waals surface area contributed by atoms with E-state index in [0.29, 0.717) is 54.6 Å². The summed E-state index contributed by atoms with van der Waals surface area (Å²) >= 11 is 6.19. The van der Waals surface area contributed by atoms with E-state index in [1.807, 2.05) is 12.1 Å². The summed E-state index contributed by atoms with van der Waals surface area (Å²) in [7, 11) is 0. The van der Waals surface area contributed by atoms with Gasteiger partial charge in [0.25, 0.3) is 5.92 Å². The highest BCUT2D eigenvalue weighted by molar-refractivity contribution is 6.30. The van der Waals surface area contributed by atoms with Crippen molar-refractivity contribution in [2.75, 3.05) is 11.9 Å². The Morgan fingerprint density at radius 3 is 2.67 bits per heavy atom. The first-order valence-corrected chi connectivity index (χ1v) is 15.3. The SMILES string of the molecule is C[C@@H](COc1ccnc2c1C(F)(F)CCC2)C[C@H]1Cc2ccccc2C12CCC(Nc1cccc(Cl)c1)(C(=O)O)CC2. The molecule has 42 heavy (non-hydrogen) atoms. The van der Waals surface area contributed by atoms with Gasteiger partial charge in [-0.1, -0.05) is 48.9 Å². The van der Waals surface area contributed by atoms with Gasteiger partial charge in [-0.25, -0.2) is 13.6 Å². The number of nitrogens with zero attached hydrogens (tertiary/aromatic N) is 1. The van der Waals surface area contributed by atoms with Crippen LogP contribution in [0.1, 0.15) is 74.3 Å². The molecule has 6 rings (SSSR count). The van der Waals surface area contributed by atoms with Crippen molar-refractivity contribution in [3.63, 3.8) is 0 Å². The molecule has 0 radical (unpaired) electrons. The number of rotatable bonds is 8. The first-order chi connectivity index (χ1) is 20.1. The number of carbonyl (C=O) groups is 1. The van der Waals surface area contributed by atoms with Crippen LogP contribution in [0.15, 0.2) is 60.8 Å². The van der Waals surface area contributed by atoms with Crippen LogP contribution in [0, 0.1) is 11.8 Å². The van der Waals surface area contributed by atoms with Crippen molar-refractivity contribution in [2.24, 2.45) is 11.8 Å². The molecule has 0 saturated heterocycles. The molecule has 3 aliphatic rings. The van der Waals surface area contributed by atoms with Crippen molar-refractivity contribution in [3.8, 4) is 5.75 Å². The van der Waals surface area contributed by atoms with E-state index in [9.17, 15) is 18.7 Å². The number of aliphatic carboxylic acids is 1. The third kappa shape index (κ3) is 5.25. The molecule has 0 unspecified atom stereocenters. The maximum Gasteiger partial charge on any atom is 0.329 e. The summed E-state index contributed by atoms with van der Waals surface area (Å²) in [6.45, 7) is 2.46. The van der Waals surface area contributed by atoms with Gasteiger partial charge in [-0.2, -0.15) is 0 Å². The first-order valence-electron chi connectivity index (χ1n) is 15.0. The van der Waals surface area contributed by atoms with Gasteiger partial charge in [0.15, 0.2) is 0 Å². The average Bonchev–Trinajstić information content (AvgIpc) is 3.25. The highest BCUT2D eigenvalue weighted by atomic mass is 35.5. The summed E-state index contributed by atoms with van der Waals surface area (Å²) in [5.74, 6) is -3.09. The van der Waals surface area contributed by atoms with Crippen LogP contribution in [0.3, 0.4) is 0 Å². The molecule has 1 heterocycles. The molecule has 5 nitrogen and oxygen atoms in total. The molecule has 3 aliphatic carbocycles. The number of ether oxygens (including phenoxy) is 1. The Labute approximate surface area is 250 Å². The monoisotopic (exact) mass is 594 g/mol. The number of aromatic nitrogens is 1. The Morgan fingerprint density at radius 2 is 1.90 bits per heavy atom. The van der Waals surface area contributed by atoms with Crippen molar-refractivity contribution >= 4 is 23.3 Å². The zero-order valence-corrected chi connectivity index (χ0v) is 24.6. The fraction of sp³-hybridized carbons (Fsp3) is 0.471. The number of anilines is 1. The lowest BCUT2D eigenvalue weighted by atomic mass is 9.59. The van der Waals surface area contributed by atoms with E-state index < -0.39 is 17.4 Å². The van der Waals surface area contributed by atoms with E-state index >= 15 is 0 Å². The van der Waals surface area contributed by atoms with Crippen LogP contribution in [0.4, 0.5) is 14.5 Å². The molecule has 0 amide bonds. The van der Waals surface area contributed by atoms with Gasteiger partial charge in [-0.05, 0) is 104 Å². The van der Waals surface area contributed by atoms with Gasteiger partial charge >= 0.3 is 5.97 Å². The minimum absolute atomic E-state index is 0.0438. The second-order valence-electron chi connectivity index (χ2n) is 12.6. The number of hydrogen-bond acceptors (Lipinski definition) is 4. The van der Waals surface area contributed by atoms with Crippen molar-refractivity contribution in [2.45, 2.75) is 81.6 Å². The summed E-state index contributed by atoms with van der Waals surface area (Å²) in [6, 6.07) is 17.3. The van der Waals surface area contributed by atoms with E-state index in [2.05, 4.69) is 41.5 Å². The number of halogens is 3. The number of aryl methyl sites for hydroxylation is 1. The summed E-state index contributed by atoms with van der Waals surface area (Å²) < 4.78 is 35.7. The summed E-state index contributed by atoms with van der Waals surface area (Å²) in [4.78, 5) is 16.9. The number of hydrogen-bond donors (Lipinski definition) is 2. The highest BCUT2D eigenvalue weighted by Crippen LogP contribution is 2.56. The summed E-state index contributed by atoms with van der Waals surface area (Å²) in [5, 5.41) is 14.3. The number of fused-ring (bicyclic) bond motifs is 3. The smallest absolute Gasteiger partial charge is 0.329 e. The van der Waals surface area contributed by atoms with Gasteiger partial charge in [0.1, 0.15) is 11.3 Å². The molecule has 8 heteroatoms. The summed E-state index contributed by atoms with van der Waals surface area (Å²) in [6.07, 6.45) is 6.61. The molecule has 3 aromatic rings. The van der Waals surface area contributed by atoms with Crippen LogP contribution >= 0.6 is 11.6 Å². The van der Waals surface area contributed by atoms with E-state index in [4.69, 9.17) is 16.3 Å². The third-order valence-electron chi connectivity index (χ3n) is 9.89. The summed E-state index contributed by atoms with van der Waals surface area (Å²) in [5.41, 5.74) is 2.55. The van der Waals surface area contributed by atoms with Gasteiger partial charge in [0, 0.05) is 23.3 Å². The Morgan fingerprint density at radius 1 is 1.12 bits per heavy atom. The van der Waals surface area contributed by atoms with Crippen molar-refractivity contribution in [1.29, 1.82) is 0 Å². The number of pyridine rings is 1. The normalized spacial score (nSPS) is 26.7. The molecule has 1 saturated carbocycles. The second-order valence-corrected chi connectivity index (χ2v) is 13.0. The van der Waals surface area contributed by atoms with Crippen LogP contribution < -0.4 is 10.1 Å². The molecule has 2 N–H and O–H groups in total. The molecule has 0 aliphatic heterocycles. The van der Waals surface area contributed by atoms with Crippen molar-refractivity contribution in [3.05, 3.63) is 88.2 Å². The van der Waals surface area contributed by atoms with E-state index in [0.717, 1.165) is 25.7 Å². The van der Waals surface area contributed by atoms with Gasteiger partial charge < -0.3 is 15.2 Å². The number of carboxylic acids is 1. The number of nitrogens with one attached hydrogen (secondary N) is 1. The lowest BCUT2D eigenvalue weighted by Crippen LogP contribution is -2.53. The predicted octanol–water partition coefficient (Wildman–Crippen LogP) is 8.19. The lowest BCUT2D eigenvalue weighted by molar-refractivity contribution is -0.144. The molecule has 1 spiro atoms. The zero-order valence-electron chi connectivity index (χ0n) is 23.8. The van der Waals surface area contributed by atoms with Crippen molar-refractivity contribution < 1.29 is 23.4 Å². The first kappa shape index (κ1) is 28.9. The Balaban J connectivity index is 1.20. The van der Waals surface area contributed by atoms with Crippen LogP contribution in [0.5, 0.6) is 5.75 Å². The predicted molar refractivity (Wildman–Crippen MR) is 160 cm³/mol. The molecule has 0 bridgehead atoms. The van der Waals surface area contributed by atoms with E-state index in [1.54, 1.807) is 24.4 Å². The number of carboxylic acid groups (broad SMARTS) is 1. The topological polar surface area (TPSA) is 71.5 Å². The Hall–Kier alpha value is -3.19. The fourth-order valence-corrected chi connectivity index (χ4v) is 7.97. The largest absolute Gasteiger partial charge is 0.493 e. The van der Waals surface area contributed by atoms with Gasteiger partial charge in [-0.15, -0.1) is 0 Å². The minimum atomic E-state index is -2.92. The quantitative estimate of drug-likeness (QED) is 0.275.